The third-order valence-corrected chi connectivity index (χ3v) is 5.10. The van der Waals surface area contributed by atoms with Gasteiger partial charge < -0.3 is 19.0 Å². The fraction of sp³-hybridized carbons (Fsp3) is 0.500. The van der Waals surface area contributed by atoms with Crippen LogP contribution in [0.15, 0.2) is 29.1 Å². The van der Waals surface area contributed by atoms with Crippen molar-refractivity contribution in [1.29, 1.82) is 5.26 Å². The first kappa shape index (κ1) is 22.0. The van der Waals surface area contributed by atoms with Crippen LogP contribution in [-0.2, 0) is 16.1 Å². The highest BCUT2D eigenvalue weighted by molar-refractivity contribution is 5.74. The standard InChI is InChI=1S/C20H24N6O5/c1-2-30-20(27)15-6-10-24(11-7-15)18-17(26(28)29)19(23-14-22-18)25(9-4-8-21)13-16-5-3-12-31-16/h3,5,12,14-15H,2,4,6-7,9-11,13H2,1H3. The number of carbonyl (C=O) groups excluding carboxylic acids is 1. The van der Waals surface area contributed by atoms with Crippen LogP contribution in [0.2, 0.25) is 0 Å². The summed E-state index contributed by atoms with van der Waals surface area (Å²) < 4.78 is 10.5. The zero-order valence-corrected chi connectivity index (χ0v) is 17.3. The normalized spacial score (nSPS) is 14.1. The Hall–Kier alpha value is -3.68. The van der Waals surface area contributed by atoms with Gasteiger partial charge in [0.2, 0.25) is 11.6 Å². The molecule has 1 aliphatic heterocycles. The van der Waals surface area contributed by atoms with E-state index in [0.717, 1.165) is 0 Å². The molecule has 11 nitrogen and oxygen atoms in total. The third kappa shape index (κ3) is 5.28. The van der Waals surface area contributed by atoms with Gasteiger partial charge in [-0.15, -0.1) is 0 Å². The van der Waals surface area contributed by atoms with Gasteiger partial charge in [0.1, 0.15) is 12.1 Å². The number of rotatable bonds is 9. The van der Waals surface area contributed by atoms with Gasteiger partial charge in [-0.3, -0.25) is 14.9 Å². The van der Waals surface area contributed by atoms with Crippen molar-refractivity contribution in [1.82, 2.24) is 9.97 Å². The van der Waals surface area contributed by atoms with Crippen LogP contribution in [0.5, 0.6) is 0 Å². The lowest BCUT2D eigenvalue weighted by Gasteiger charge is -2.32. The summed E-state index contributed by atoms with van der Waals surface area (Å²) in [4.78, 5) is 35.4. The molecule has 31 heavy (non-hydrogen) atoms. The summed E-state index contributed by atoms with van der Waals surface area (Å²) in [5, 5.41) is 21.1. The van der Waals surface area contributed by atoms with Gasteiger partial charge >= 0.3 is 11.7 Å². The Balaban J connectivity index is 1.87. The van der Waals surface area contributed by atoms with Crippen LogP contribution in [0.25, 0.3) is 0 Å². The molecule has 0 N–H and O–H groups in total. The molecule has 2 aromatic heterocycles. The maximum atomic E-state index is 12.0. The van der Waals surface area contributed by atoms with Crippen LogP contribution in [0.1, 0.15) is 31.9 Å². The number of anilines is 2. The van der Waals surface area contributed by atoms with Crippen LogP contribution < -0.4 is 9.80 Å². The van der Waals surface area contributed by atoms with Gasteiger partial charge in [-0.05, 0) is 31.9 Å². The Morgan fingerprint density at radius 2 is 2.23 bits per heavy atom. The van der Waals surface area contributed by atoms with Crippen molar-refractivity contribution in [2.45, 2.75) is 32.7 Å². The lowest BCUT2D eigenvalue weighted by Crippen LogP contribution is -2.38. The molecule has 164 valence electrons. The Morgan fingerprint density at radius 3 is 2.84 bits per heavy atom. The Labute approximate surface area is 179 Å². The predicted molar refractivity (Wildman–Crippen MR) is 110 cm³/mol. The average Bonchev–Trinajstić information content (AvgIpc) is 3.29. The number of furan rings is 1. The minimum Gasteiger partial charge on any atom is -0.467 e. The second kappa shape index (κ2) is 10.4. The van der Waals surface area contributed by atoms with E-state index in [1.165, 1.54) is 12.6 Å². The number of aromatic nitrogens is 2. The summed E-state index contributed by atoms with van der Waals surface area (Å²) in [6, 6.07) is 5.55. The van der Waals surface area contributed by atoms with Gasteiger partial charge in [-0.1, -0.05) is 0 Å². The van der Waals surface area contributed by atoms with E-state index in [4.69, 9.17) is 14.4 Å². The van der Waals surface area contributed by atoms with Crippen molar-refractivity contribution in [3.8, 4) is 6.07 Å². The molecule has 1 aliphatic rings. The maximum Gasteiger partial charge on any atom is 0.353 e. The van der Waals surface area contributed by atoms with Crippen molar-refractivity contribution < 1.29 is 18.9 Å². The zero-order chi connectivity index (χ0) is 22.2. The molecule has 0 bridgehead atoms. The summed E-state index contributed by atoms with van der Waals surface area (Å²) in [7, 11) is 0. The highest BCUT2D eigenvalue weighted by Gasteiger charge is 2.33. The van der Waals surface area contributed by atoms with Crippen molar-refractivity contribution >= 4 is 23.3 Å². The van der Waals surface area contributed by atoms with E-state index in [1.54, 1.807) is 28.9 Å². The number of nitro groups is 1. The smallest absolute Gasteiger partial charge is 0.353 e. The predicted octanol–water partition coefficient (Wildman–Crippen LogP) is 2.68. The van der Waals surface area contributed by atoms with E-state index in [9.17, 15) is 14.9 Å². The van der Waals surface area contributed by atoms with Crippen LogP contribution >= 0.6 is 0 Å². The van der Waals surface area contributed by atoms with E-state index < -0.39 is 4.92 Å². The topological polar surface area (TPSA) is 139 Å². The monoisotopic (exact) mass is 428 g/mol. The number of piperidine rings is 1. The number of hydrogen-bond acceptors (Lipinski definition) is 10. The number of esters is 1. The number of nitrogens with zero attached hydrogens (tertiary/aromatic N) is 6. The second-order valence-electron chi connectivity index (χ2n) is 7.05. The van der Waals surface area contributed by atoms with E-state index in [1.807, 2.05) is 0 Å². The highest BCUT2D eigenvalue weighted by Crippen LogP contribution is 2.36. The molecule has 0 radical (unpaired) electrons. The Bertz CT molecular complexity index is 934. The van der Waals surface area contributed by atoms with Crippen LogP contribution in [0.3, 0.4) is 0 Å². The molecule has 1 fully saturated rings. The maximum absolute atomic E-state index is 12.0. The first-order valence-corrected chi connectivity index (χ1v) is 10.1. The summed E-state index contributed by atoms with van der Waals surface area (Å²) in [5.41, 5.74) is -0.221. The van der Waals surface area contributed by atoms with Crippen LogP contribution in [0.4, 0.5) is 17.3 Å². The van der Waals surface area contributed by atoms with Gasteiger partial charge in [0.15, 0.2) is 0 Å². The zero-order valence-electron chi connectivity index (χ0n) is 17.3. The molecule has 3 heterocycles. The Morgan fingerprint density at radius 1 is 1.45 bits per heavy atom. The Kier molecular flexibility index (Phi) is 7.37. The number of hydrogen-bond donors (Lipinski definition) is 0. The fourth-order valence-electron chi connectivity index (χ4n) is 3.61. The average molecular weight is 428 g/mol. The summed E-state index contributed by atoms with van der Waals surface area (Å²) in [5.74, 6) is 0.485. The largest absolute Gasteiger partial charge is 0.467 e. The molecule has 0 aliphatic carbocycles. The molecular weight excluding hydrogens is 404 g/mol. The first-order chi connectivity index (χ1) is 15.0. The second-order valence-corrected chi connectivity index (χ2v) is 7.05. The lowest BCUT2D eigenvalue weighted by molar-refractivity contribution is -0.383. The molecule has 11 heteroatoms. The number of nitriles is 1. The minimum atomic E-state index is -0.496. The molecule has 0 saturated carbocycles. The van der Waals surface area contributed by atoms with E-state index in [2.05, 4.69) is 16.0 Å². The van der Waals surface area contributed by atoms with Crippen molar-refractivity contribution in [3.63, 3.8) is 0 Å². The van der Waals surface area contributed by atoms with Gasteiger partial charge in [0.05, 0.1) is 42.7 Å². The molecular formula is C20H24N6O5. The molecule has 0 atom stereocenters. The van der Waals surface area contributed by atoms with Gasteiger partial charge in [0.25, 0.3) is 0 Å². The molecule has 2 aromatic rings. The van der Waals surface area contributed by atoms with E-state index in [-0.39, 0.29) is 48.7 Å². The van der Waals surface area contributed by atoms with Crippen molar-refractivity contribution in [3.05, 3.63) is 40.6 Å². The summed E-state index contributed by atoms with van der Waals surface area (Å²) >= 11 is 0. The molecule has 0 spiro atoms. The highest BCUT2D eigenvalue weighted by atomic mass is 16.6. The lowest BCUT2D eigenvalue weighted by atomic mass is 9.97. The van der Waals surface area contributed by atoms with E-state index >= 15 is 0 Å². The molecule has 3 rings (SSSR count). The number of ether oxygens (including phenoxy) is 1. The quantitative estimate of drug-likeness (QED) is 0.333. The van der Waals surface area contributed by atoms with E-state index in [0.29, 0.717) is 38.3 Å². The van der Waals surface area contributed by atoms with Crippen molar-refractivity contribution in [2.75, 3.05) is 36.0 Å². The van der Waals surface area contributed by atoms with Crippen LogP contribution in [0, 0.1) is 27.4 Å². The fourth-order valence-corrected chi connectivity index (χ4v) is 3.61. The van der Waals surface area contributed by atoms with Crippen LogP contribution in [-0.4, -0.2) is 47.1 Å². The summed E-state index contributed by atoms with van der Waals surface area (Å²) in [6.07, 6.45) is 4.03. The molecule has 0 amide bonds. The molecule has 0 unspecified atom stereocenters. The first-order valence-electron chi connectivity index (χ1n) is 10.1. The van der Waals surface area contributed by atoms with Gasteiger partial charge in [0, 0.05) is 19.6 Å². The van der Waals surface area contributed by atoms with Crippen molar-refractivity contribution in [2.24, 2.45) is 5.92 Å². The molecule has 1 saturated heterocycles. The third-order valence-electron chi connectivity index (χ3n) is 5.10. The summed E-state index contributed by atoms with van der Waals surface area (Å²) in [6.45, 7) is 3.46. The van der Waals surface area contributed by atoms with Gasteiger partial charge in [-0.25, -0.2) is 9.97 Å². The SMILES string of the molecule is CCOC(=O)C1CCN(c2ncnc(N(CCC#N)Cc3ccco3)c2[N+](=O)[O-])CC1. The minimum absolute atomic E-state index is 0.133. The molecule has 0 aromatic carbocycles. The number of carbonyl (C=O) groups is 1. The van der Waals surface area contributed by atoms with Gasteiger partial charge in [-0.2, -0.15) is 5.26 Å².